The van der Waals surface area contributed by atoms with E-state index in [0.29, 0.717) is 18.7 Å². The zero-order valence-electron chi connectivity index (χ0n) is 9.34. The molecule has 0 aromatic carbocycles. The zero-order chi connectivity index (χ0) is 12.4. The summed E-state index contributed by atoms with van der Waals surface area (Å²) < 4.78 is 4.85. The third-order valence-corrected chi connectivity index (χ3v) is 2.73. The number of nitrogens with one attached hydrogen (secondary N) is 1. The van der Waals surface area contributed by atoms with Crippen molar-refractivity contribution in [2.75, 3.05) is 19.6 Å². The number of piperazine rings is 1. The van der Waals surface area contributed by atoms with Gasteiger partial charge in [-0.2, -0.15) is 0 Å². The number of aryl methyl sites for hydroxylation is 1. The van der Waals surface area contributed by atoms with Gasteiger partial charge >= 0.3 is 5.97 Å². The third-order valence-electron chi connectivity index (χ3n) is 2.73. The van der Waals surface area contributed by atoms with Crippen molar-refractivity contribution in [1.82, 2.24) is 15.4 Å². The zero-order valence-corrected chi connectivity index (χ0v) is 9.34. The maximum absolute atomic E-state index is 12.1. The van der Waals surface area contributed by atoms with Crippen molar-refractivity contribution in [2.24, 2.45) is 0 Å². The lowest BCUT2D eigenvalue weighted by molar-refractivity contribution is -0.142. The van der Waals surface area contributed by atoms with E-state index in [9.17, 15) is 9.59 Å². The summed E-state index contributed by atoms with van der Waals surface area (Å²) in [7, 11) is 0. The van der Waals surface area contributed by atoms with E-state index in [1.165, 1.54) is 11.1 Å². The molecule has 1 atom stereocenters. The second-order valence-corrected chi connectivity index (χ2v) is 3.89. The molecule has 0 bridgehead atoms. The maximum Gasteiger partial charge on any atom is 0.327 e. The van der Waals surface area contributed by atoms with Crippen LogP contribution in [0.5, 0.6) is 0 Å². The van der Waals surface area contributed by atoms with Gasteiger partial charge in [0.25, 0.3) is 5.91 Å². The first-order valence-electron chi connectivity index (χ1n) is 5.27. The van der Waals surface area contributed by atoms with Crippen LogP contribution in [0.1, 0.15) is 16.1 Å². The Hall–Kier alpha value is -1.89. The predicted octanol–water partition coefficient (Wildman–Crippen LogP) is -0.518. The van der Waals surface area contributed by atoms with Gasteiger partial charge in [0.15, 0.2) is 0 Å². The van der Waals surface area contributed by atoms with E-state index in [1.54, 1.807) is 6.92 Å². The summed E-state index contributed by atoms with van der Waals surface area (Å²) in [6.45, 7) is 2.86. The molecule has 2 heterocycles. The number of hydrogen-bond acceptors (Lipinski definition) is 5. The quantitative estimate of drug-likeness (QED) is 0.721. The van der Waals surface area contributed by atoms with Gasteiger partial charge in [-0.3, -0.25) is 4.79 Å². The van der Waals surface area contributed by atoms with Gasteiger partial charge in [-0.25, -0.2) is 4.79 Å². The molecular weight excluding hydrogens is 226 g/mol. The molecule has 0 spiro atoms. The minimum Gasteiger partial charge on any atom is -0.480 e. The smallest absolute Gasteiger partial charge is 0.327 e. The Labute approximate surface area is 97.4 Å². The third kappa shape index (κ3) is 2.14. The minimum atomic E-state index is -1.03. The number of carbonyl (C=O) groups is 2. The van der Waals surface area contributed by atoms with Gasteiger partial charge in [-0.1, -0.05) is 5.16 Å². The molecule has 1 aliphatic rings. The molecule has 1 unspecified atom stereocenters. The standard InChI is InChI=1S/C10H13N3O4/c1-6-4-12-17-8(6)9(14)13-3-2-11-5-7(13)10(15)16/h4,7,11H,2-3,5H2,1H3,(H,15,16). The first-order valence-corrected chi connectivity index (χ1v) is 5.27. The molecule has 2 N–H and O–H groups in total. The van der Waals surface area contributed by atoms with Crippen molar-refractivity contribution < 1.29 is 19.2 Å². The second-order valence-electron chi connectivity index (χ2n) is 3.89. The van der Waals surface area contributed by atoms with Crippen LogP contribution in [-0.4, -0.2) is 52.7 Å². The molecule has 7 nitrogen and oxygen atoms in total. The number of carboxylic acid groups (broad SMARTS) is 1. The molecule has 1 amide bonds. The molecular formula is C10H13N3O4. The molecule has 0 radical (unpaired) electrons. The topological polar surface area (TPSA) is 95.7 Å². The normalized spacial score (nSPS) is 20.3. The van der Waals surface area contributed by atoms with E-state index in [0.717, 1.165) is 0 Å². The van der Waals surface area contributed by atoms with E-state index in [-0.39, 0.29) is 12.3 Å². The van der Waals surface area contributed by atoms with Gasteiger partial charge in [0.2, 0.25) is 5.76 Å². The van der Waals surface area contributed by atoms with Crippen LogP contribution in [0.4, 0.5) is 0 Å². The summed E-state index contributed by atoms with van der Waals surface area (Å²) in [5, 5.41) is 15.5. The fraction of sp³-hybridized carbons (Fsp3) is 0.500. The monoisotopic (exact) mass is 239 g/mol. The predicted molar refractivity (Wildman–Crippen MR) is 56.6 cm³/mol. The van der Waals surface area contributed by atoms with Crippen LogP contribution in [0.3, 0.4) is 0 Å². The van der Waals surface area contributed by atoms with Crippen LogP contribution in [0.15, 0.2) is 10.7 Å². The number of aromatic nitrogens is 1. The fourth-order valence-electron chi connectivity index (χ4n) is 1.79. The Bertz CT molecular complexity index is 443. The summed E-state index contributed by atoms with van der Waals surface area (Å²) in [4.78, 5) is 24.4. The molecule has 17 heavy (non-hydrogen) atoms. The highest BCUT2D eigenvalue weighted by Crippen LogP contribution is 2.13. The molecule has 1 saturated heterocycles. The van der Waals surface area contributed by atoms with Crippen LogP contribution in [0.2, 0.25) is 0 Å². The van der Waals surface area contributed by atoms with E-state index in [1.807, 2.05) is 0 Å². The van der Waals surface area contributed by atoms with Gasteiger partial charge in [0, 0.05) is 25.2 Å². The summed E-state index contributed by atoms with van der Waals surface area (Å²) in [6, 6.07) is -0.860. The van der Waals surface area contributed by atoms with E-state index in [4.69, 9.17) is 9.63 Å². The van der Waals surface area contributed by atoms with Gasteiger partial charge < -0.3 is 19.8 Å². The summed E-state index contributed by atoms with van der Waals surface area (Å²) in [5.74, 6) is -1.34. The molecule has 1 fully saturated rings. The molecule has 2 rings (SSSR count). The van der Waals surface area contributed by atoms with Crippen LogP contribution in [0, 0.1) is 6.92 Å². The van der Waals surface area contributed by atoms with Gasteiger partial charge in [-0.15, -0.1) is 0 Å². The summed E-state index contributed by atoms with van der Waals surface area (Å²) >= 11 is 0. The SMILES string of the molecule is Cc1cnoc1C(=O)N1CCNCC1C(=O)O. The van der Waals surface area contributed by atoms with E-state index < -0.39 is 17.9 Å². The van der Waals surface area contributed by atoms with Crippen LogP contribution in [0.25, 0.3) is 0 Å². The Balaban J connectivity index is 2.23. The summed E-state index contributed by atoms with van der Waals surface area (Å²) in [6.07, 6.45) is 1.44. The highest BCUT2D eigenvalue weighted by atomic mass is 16.5. The summed E-state index contributed by atoms with van der Waals surface area (Å²) in [5.41, 5.74) is 0.609. The molecule has 1 aliphatic heterocycles. The highest BCUT2D eigenvalue weighted by molar-refractivity contribution is 5.95. The largest absolute Gasteiger partial charge is 0.480 e. The number of amides is 1. The number of aliphatic carboxylic acids is 1. The molecule has 0 aliphatic carbocycles. The number of carbonyl (C=O) groups excluding carboxylic acids is 1. The lowest BCUT2D eigenvalue weighted by Crippen LogP contribution is -2.57. The first-order chi connectivity index (χ1) is 8.11. The van der Waals surface area contributed by atoms with Crippen molar-refractivity contribution in [2.45, 2.75) is 13.0 Å². The molecule has 7 heteroatoms. The average molecular weight is 239 g/mol. The first kappa shape index (κ1) is 11.6. The van der Waals surface area contributed by atoms with Gasteiger partial charge in [-0.05, 0) is 6.92 Å². The van der Waals surface area contributed by atoms with Crippen molar-refractivity contribution in [3.05, 3.63) is 17.5 Å². The molecule has 92 valence electrons. The van der Waals surface area contributed by atoms with E-state index in [2.05, 4.69) is 10.5 Å². The minimum absolute atomic E-state index is 0.109. The maximum atomic E-state index is 12.1. The molecule has 1 aromatic rings. The number of nitrogens with zero attached hydrogens (tertiary/aromatic N) is 2. The van der Waals surface area contributed by atoms with Crippen LogP contribution >= 0.6 is 0 Å². The van der Waals surface area contributed by atoms with Crippen molar-refractivity contribution in [3.8, 4) is 0 Å². The second kappa shape index (κ2) is 4.54. The number of carboxylic acids is 1. The van der Waals surface area contributed by atoms with Crippen LogP contribution in [-0.2, 0) is 4.79 Å². The highest BCUT2D eigenvalue weighted by Gasteiger charge is 2.34. The van der Waals surface area contributed by atoms with Crippen LogP contribution < -0.4 is 5.32 Å². The van der Waals surface area contributed by atoms with Gasteiger partial charge in [0.05, 0.1) is 6.20 Å². The lowest BCUT2D eigenvalue weighted by Gasteiger charge is -2.32. The Morgan fingerprint density at radius 2 is 2.41 bits per heavy atom. The van der Waals surface area contributed by atoms with Gasteiger partial charge in [0.1, 0.15) is 6.04 Å². The number of hydrogen-bond donors (Lipinski definition) is 2. The van der Waals surface area contributed by atoms with Crippen molar-refractivity contribution in [3.63, 3.8) is 0 Å². The molecule has 0 saturated carbocycles. The average Bonchev–Trinajstić information content (AvgIpc) is 2.74. The lowest BCUT2D eigenvalue weighted by atomic mass is 10.1. The molecule has 1 aromatic heterocycles. The number of rotatable bonds is 2. The van der Waals surface area contributed by atoms with Crippen molar-refractivity contribution in [1.29, 1.82) is 0 Å². The fourth-order valence-corrected chi connectivity index (χ4v) is 1.79. The van der Waals surface area contributed by atoms with Crippen molar-refractivity contribution >= 4 is 11.9 Å². The van der Waals surface area contributed by atoms with E-state index >= 15 is 0 Å². The Morgan fingerprint density at radius 3 is 3.00 bits per heavy atom. The Kier molecular flexibility index (Phi) is 3.10. The Morgan fingerprint density at radius 1 is 1.65 bits per heavy atom.